The number of allylic oxidation sites excluding steroid dienone is 3. The van der Waals surface area contributed by atoms with Crippen LogP contribution < -0.4 is 5.43 Å². The third-order valence-electron chi connectivity index (χ3n) is 4.35. The van der Waals surface area contributed by atoms with Crippen LogP contribution in [0, 0.1) is 6.92 Å². The van der Waals surface area contributed by atoms with Crippen molar-refractivity contribution in [2.75, 3.05) is 0 Å². The van der Waals surface area contributed by atoms with Gasteiger partial charge in [0.1, 0.15) is 11.5 Å². The number of aryl methyl sites for hydroxylation is 1. The van der Waals surface area contributed by atoms with E-state index in [0.29, 0.717) is 12.3 Å². The topological polar surface area (TPSA) is 62.2 Å². The van der Waals surface area contributed by atoms with Gasteiger partial charge in [0.05, 0.1) is 12.8 Å². The monoisotopic (exact) mass is 390 g/mol. The maximum Gasteiger partial charge on any atom is 0.147 e. The molecule has 5 nitrogen and oxygen atoms in total. The van der Waals surface area contributed by atoms with E-state index in [0.717, 1.165) is 34.7 Å². The van der Waals surface area contributed by atoms with E-state index in [9.17, 15) is 0 Å². The Balaban J connectivity index is 2.21. The Labute approximate surface area is 173 Å². The fraction of sp³-hybridized carbons (Fsp3) is 0.292. The first-order chi connectivity index (χ1) is 14.0. The number of benzene rings is 1. The molecule has 0 radical (unpaired) electrons. The number of hydrazone groups is 1. The zero-order valence-electron chi connectivity index (χ0n) is 17.9. The number of rotatable bonds is 9. The Bertz CT molecular complexity index is 931. The summed E-state index contributed by atoms with van der Waals surface area (Å²) in [5.74, 6) is 1.56. The summed E-state index contributed by atoms with van der Waals surface area (Å²) in [4.78, 5) is 9.21. The summed E-state index contributed by atoms with van der Waals surface area (Å²) in [5.41, 5.74) is 8.11. The van der Waals surface area contributed by atoms with E-state index < -0.39 is 0 Å². The largest absolute Gasteiger partial charge is 0.460 e. The SMILES string of the molecule is CCC(C)=CN=C(C)/C(C=NCc1ccccc1)=C(\C)N/N=C/c1ccc(C)o1. The van der Waals surface area contributed by atoms with Crippen molar-refractivity contribution in [2.45, 2.75) is 47.6 Å². The highest BCUT2D eigenvalue weighted by molar-refractivity contribution is 6.15. The van der Waals surface area contributed by atoms with Crippen molar-refractivity contribution in [2.24, 2.45) is 15.1 Å². The Morgan fingerprint density at radius 1 is 1.07 bits per heavy atom. The van der Waals surface area contributed by atoms with Gasteiger partial charge < -0.3 is 4.42 Å². The Morgan fingerprint density at radius 2 is 1.83 bits per heavy atom. The van der Waals surface area contributed by atoms with Gasteiger partial charge in [-0.2, -0.15) is 5.10 Å². The molecule has 2 rings (SSSR count). The van der Waals surface area contributed by atoms with E-state index in [-0.39, 0.29) is 0 Å². The average Bonchev–Trinajstić information content (AvgIpc) is 3.14. The summed E-state index contributed by atoms with van der Waals surface area (Å²) in [6.07, 6.45) is 6.39. The first-order valence-electron chi connectivity index (χ1n) is 9.80. The van der Waals surface area contributed by atoms with Crippen LogP contribution in [0.15, 0.2) is 85.0 Å². The highest BCUT2D eigenvalue weighted by Gasteiger charge is 2.04. The zero-order chi connectivity index (χ0) is 21.1. The predicted octanol–water partition coefficient (Wildman–Crippen LogP) is 5.83. The second-order valence-electron chi connectivity index (χ2n) is 6.86. The number of aliphatic imine (C=N–C) groups is 2. The smallest absolute Gasteiger partial charge is 0.147 e. The number of nitrogens with zero attached hydrogens (tertiary/aromatic N) is 3. The molecule has 0 atom stereocenters. The first kappa shape index (κ1) is 22.1. The normalized spacial score (nSPS) is 14.0. The summed E-state index contributed by atoms with van der Waals surface area (Å²) in [5, 5.41) is 4.28. The standard InChI is InChI=1S/C24H30N4O/c1-6-18(2)14-26-20(4)24(17-25-15-22-10-8-7-9-11-22)21(5)28-27-16-23-13-12-19(3)29-23/h7-14,16-17,28H,6,15H2,1-5H3/b18-14?,24-21+,25-17?,26-20?,27-16+. The zero-order valence-corrected chi connectivity index (χ0v) is 17.9. The molecule has 0 aliphatic carbocycles. The molecule has 5 heteroatoms. The van der Waals surface area contributed by atoms with Crippen molar-refractivity contribution in [1.29, 1.82) is 0 Å². The number of nitrogens with one attached hydrogen (secondary N) is 1. The van der Waals surface area contributed by atoms with Gasteiger partial charge in [0.15, 0.2) is 0 Å². The van der Waals surface area contributed by atoms with E-state index in [2.05, 4.69) is 46.5 Å². The third kappa shape index (κ3) is 7.74. The fourth-order valence-corrected chi connectivity index (χ4v) is 2.43. The molecule has 0 saturated heterocycles. The predicted molar refractivity (Wildman–Crippen MR) is 123 cm³/mol. The Kier molecular flexibility index (Phi) is 8.83. The lowest BCUT2D eigenvalue weighted by molar-refractivity contribution is 0.527. The van der Waals surface area contributed by atoms with Crippen LogP contribution >= 0.6 is 0 Å². The maximum absolute atomic E-state index is 5.50. The van der Waals surface area contributed by atoms with Crippen LogP contribution in [0.1, 0.15) is 51.2 Å². The lowest BCUT2D eigenvalue weighted by Crippen LogP contribution is -2.12. The second kappa shape index (κ2) is 11.6. The molecular formula is C24H30N4O. The summed E-state index contributed by atoms with van der Waals surface area (Å²) >= 11 is 0. The molecule has 0 amide bonds. The van der Waals surface area contributed by atoms with E-state index in [1.165, 1.54) is 5.57 Å². The molecule has 0 spiro atoms. The molecule has 0 aliphatic rings. The third-order valence-corrected chi connectivity index (χ3v) is 4.35. The molecular weight excluding hydrogens is 360 g/mol. The molecule has 1 aromatic carbocycles. The average molecular weight is 391 g/mol. The Hall–Kier alpha value is -3.21. The molecule has 152 valence electrons. The van der Waals surface area contributed by atoms with Crippen LogP contribution in [-0.2, 0) is 6.54 Å². The number of hydrogen-bond donors (Lipinski definition) is 1. The van der Waals surface area contributed by atoms with Crippen LogP contribution in [-0.4, -0.2) is 18.1 Å². The molecule has 0 saturated carbocycles. The summed E-state index contributed by atoms with van der Waals surface area (Å²) in [6.45, 7) is 10.7. The van der Waals surface area contributed by atoms with Gasteiger partial charge in [-0.1, -0.05) is 42.8 Å². The van der Waals surface area contributed by atoms with Gasteiger partial charge in [-0.3, -0.25) is 15.4 Å². The highest BCUT2D eigenvalue weighted by Crippen LogP contribution is 2.08. The Morgan fingerprint density at radius 3 is 2.48 bits per heavy atom. The molecule has 2 aromatic rings. The van der Waals surface area contributed by atoms with Crippen molar-refractivity contribution < 1.29 is 4.42 Å². The molecule has 1 heterocycles. The quantitative estimate of drug-likeness (QED) is 0.432. The lowest BCUT2D eigenvalue weighted by Gasteiger charge is -2.07. The van der Waals surface area contributed by atoms with Crippen molar-refractivity contribution in [3.8, 4) is 0 Å². The van der Waals surface area contributed by atoms with Gasteiger partial charge in [0.2, 0.25) is 0 Å². The van der Waals surface area contributed by atoms with Gasteiger partial charge in [0.25, 0.3) is 0 Å². The lowest BCUT2D eigenvalue weighted by atomic mass is 10.1. The first-order valence-corrected chi connectivity index (χ1v) is 9.80. The van der Waals surface area contributed by atoms with Crippen LogP contribution in [0.2, 0.25) is 0 Å². The summed E-state index contributed by atoms with van der Waals surface area (Å²) < 4.78 is 5.50. The number of hydrogen-bond acceptors (Lipinski definition) is 5. The van der Waals surface area contributed by atoms with Gasteiger partial charge in [-0.05, 0) is 51.8 Å². The summed E-state index contributed by atoms with van der Waals surface area (Å²) in [6, 6.07) is 14.0. The minimum Gasteiger partial charge on any atom is -0.460 e. The molecule has 0 aliphatic heterocycles. The summed E-state index contributed by atoms with van der Waals surface area (Å²) in [7, 11) is 0. The van der Waals surface area contributed by atoms with Crippen LogP contribution in [0.4, 0.5) is 0 Å². The van der Waals surface area contributed by atoms with Crippen LogP contribution in [0.5, 0.6) is 0 Å². The van der Waals surface area contributed by atoms with Gasteiger partial charge in [-0.15, -0.1) is 0 Å². The van der Waals surface area contributed by atoms with Gasteiger partial charge in [0, 0.05) is 29.4 Å². The van der Waals surface area contributed by atoms with Crippen molar-refractivity contribution >= 4 is 18.1 Å². The van der Waals surface area contributed by atoms with Crippen molar-refractivity contribution in [3.05, 3.63) is 82.6 Å². The van der Waals surface area contributed by atoms with Gasteiger partial charge in [-0.25, -0.2) is 0 Å². The number of furan rings is 1. The molecule has 0 unspecified atom stereocenters. The molecule has 1 N–H and O–H groups in total. The van der Waals surface area contributed by atoms with Crippen LogP contribution in [0.25, 0.3) is 0 Å². The van der Waals surface area contributed by atoms with Crippen molar-refractivity contribution in [3.63, 3.8) is 0 Å². The molecule has 0 fully saturated rings. The van der Waals surface area contributed by atoms with Gasteiger partial charge >= 0.3 is 0 Å². The van der Waals surface area contributed by atoms with E-state index >= 15 is 0 Å². The van der Waals surface area contributed by atoms with Crippen LogP contribution in [0.3, 0.4) is 0 Å². The maximum atomic E-state index is 5.50. The van der Waals surface area contributed by atoms with E-state index in [1.54, 1.807) is 6.21 Å². The molecule has 1 aromatic heterocycles. The highest BCUT2D eigenvalue weighted by atomic mass is 16.3. The van der Waals surface area contributed by atoms with E-state index in [1.807, 2.05) is 63.5 Å². The molecule has 29 heavy (non-hydrogen) atoms. The minimum atomic E-state index is 0.615. The molecule has 0 bridgehead atoms. The minimum absolute atomic E-state index is 0.615. The van der Waals surface area contributed by atoms with E-state index in [4.69, 9.17) is 4.42 Å². The van der Waals surface area contributed by atoms with Crippen molar-refractivity contribution in [1.82, 2.24) is 5.43 Å². The second-order valence-corrected chi connectivity index (χ2v) is 6.86. The fourth-order valence-electron chi connectivity index (χ4n) is 2.43.